The zero-order valence-corrected chi connectivity index (χ0v) is 13.0. The van der Waals surface area contributed by atoms with Crippen LogP contribution in [0, 0.1) is 6.92 Å². The summed E-state index contributed by atoms with van der Waals surface area (Å²) in [4.78, 5) is 14.3. The van der Waals surface area contributed by atoms with Crippen molar-refractivity contribution in [1.29, 1.82) is 0 Å². The van der Waals surface area contributed by atoms with Crippen LogP contribution in [-0.2, 0) is 24.5 Å². The molecule has 1 aliphatic rings. The number of benzene rings is 1. The van der Waals surface area contributed by atoms with E-state index in [1.54, 1.807) is 11.0 Å². The summed E-state index contributed by atoms with van der Waals surface area (Å²) in [6.07, 6.45) is 0. The van der Waals surface area contributed by atoms with Gasteiger partial charge in [-0.15, -0.1) is 0 Å². The first-order chi connectivity index (χ1) is 11.1. The first-order valence-corrected chi connectivity index (χ1v) is 7.50. The molecule has 0 aliphatic carbocycles. The maximum absolute atomic E-state index is 12.6. The molecule has 0 unspecified atom stereocenters. The number of aryl methyl sites for hydroxylation is 1. The fraction of sp³-hybridized carbons (Fsp3) is 0.375. The van der Waals surface area contributed by atoms with E-state index < -0.39 is 0 Å². The molecule has 0 atom stereocenters. The molecule has 122 valence electrons. The zero-order chi connectivity index (χ0) is 16.4. The van der Waals surface area contributed by atoms with Gasteiger partial charge in [0.1, 0.15) is 24.7 Å². The molecule has 0 saturated heterocycles. The summed E-state index contributed by atoms with van der Waals surface area (Å²) >= 11 is 0. The lowest BCUT2D eigenvalue weighted by Gasteiger charge is -2.20. The van der Waals surface area contributed by atoms with Crippen LogP contribution in [0.15, 0.2) is 24.3 Å². The molecule has 3 rings (SSSR count). The Kier molecular flexibility index (Phi) is 4.20. The number of ether oxygens (including phenoxy) is 1. The lowest BCUT2D eigenvalue weighted by Crippen LogP contribution is -2.35. The number of nitrogens with two attached hydrogens (primary N) is 1. The summed E-state index contributed by atoms with van der Waals surface area (Å²) in [7, 11) is 0. The minimum atomic E-state index is -0.0642. The third-order valence-electron chi connectivity index (χ3n) is 3.86. The average Bonchev–Trinajstić information content (AvgIpc) is 2.74. The van der Waals surface area contributed by atoms with Gasteiger partial charge < -0.3 is 20.5 Å². The average molecular weight is 316 g/mol. The molecule has 23 heavy (non-hydrogen) atoms. The van der Waals surface area contributed by atoms with Gasteiger partial charge in [0.2, 0.25) is 5.91 Å². The number of aliphatic hydroxyl groups is 1. The number of anilines is 1. The van der Waals surface area contributed by atoms with Crippen LogP contribution in [0.3, 0.4) is 0 Å². The SMILES string of the molecule is Cc1cc(N)n(CC(=O)N2CCOc3ccc(CO)cc3C2)n1. The maximum Gasteiger partial charge on any atom is 0.244 e. The highest BCUT2D eigenvalue weighted by atomic mass is 16.5. The van der Waals surface area contributed by atoms with E-state index in [-0.39, 0.29) is 19.1 Å². The number of rotatable bonds is 3. The minimum absolute atomic E-state index is 0.0374. The quantitative estimate of drug-likeness (QED) is 0.869. The van der Waals surface area contributed by atoms with E-state index in [9.17, 15) is 9.90 Å². The number of carbonyl (C=O) groups is 1. The van der Waals surface area contributed by atoms with Crippen LogP contribution >= 0.6 is 0 Å². The first-order valence-electron chi connectivity index (χ1n) is 7.50. The second kappa shape index (κ2) is 6.29. The van der Waals surface area contributed by atoms with Gasteiger partial charge in [0.25, 0.3) is 0 Å². The topological polar surface area (TPSA) is 93.6 Å². The molecule has 2 aromatic rings. The van der Waals surface area contributed by atoms with Crippen LogP contribution in [0.4, 0.5) is 5.82 Å². The fourth-order valence-electron chi connectivity index (χ4n) is 2.68. The van der Waals surface area contributed by atoms with Crippen molar-refractivity contribution in [1.82, 2.24) is 14.7 Å². The predicted molar refractivity (Wildman–Crippen MR) is 84.7 cm³/mol. The van der Waals surface area contributed by atoms with Crippen LogP contribution < -0.4 is 10.5 Å². The van der Waals surface area contributed by atoms with E-state index in [2.05, 4.69) is 5.10 Å². The molecule has 0 bridgehead atoms. The fourth-order valence-corrected chi connectivity index (χ4v) is 2.68. The van der Waals surface area contributed by atoms with Crippen molar-refractivity contribution in [3.8, 4) is 5.75 Å². The number of amides is 1. The largest absolute Gasteiger partial charge is 0.491 e. The summed E-state index contributed by atoms with van der Waals surface area (Å²) in [5.74, 6) is 1.17. The Bertz CT molecular complexity index is 726. The van der Waals surface area contributed by atoms with Crippen molar-refractivity contribution in [2.75, 3.05) is 18.9 Å². The van der Waals surface area contributed by atoms with Crippen molar-refractivity contribution in [2.45, 2.75) is 26.6 Å². The lowest BCUT2D eigenvalue weighted by molar-refractivity contribution is -0.132. The number of aliphatic hydroxyl groups excluding tert-OH is 1. The zero-order valence-electron chi connectivity index (χ0n) is 13.0. The van der Waals surface area contributed by atoms with Crippen molar-refractivity contribution in [2.24, 2.45) is 0 Å². The van der Waals surface area contributed by atoms with Crippen molar-refractivity contribution in [3.05, 3.63) is 41.1 Å². The van der Waals surface area contributed by atoms with Gasteiger partial charge in [0.15, 0.2) is 0 Å². The molecule has 1 aromatic carbocycles. The molecule has 1 amide bonds. The molecule has 0 radical (unpaired) electrons. The Labute approximate surface area is 134 Å². The molecular formula is C16H20N4O3. The third-order valence-corrected chi connectivity index (χ3v) is 3.86. The van der Waals surface area contributed by atoms with Crippen LogP contribution in [0.25, 0.3) is 0 Å². The highest BCUT2D eigenvalue weighted by Crippen LogP contribution is 2.24. The number of hydrogen-bond donors (Lipinski definition) is 2. The van der Waals surface area contributed by atoms with Gasteiger partial charge in [-0.1, -0.05) is 6.07 Å². The number of nitrogen functional groups attached to an aromatic ring is 1. The van der Waals surface area contributed by atoms with Crippen molar-refractivity contribution < 1.29 is 14.6 Å². The molecule has 7 heteroatoms. The number of nitrogens with zero attached hydrogens (tertiary/aromatic N) is 3. The summed E-state index contributed by atoms with van der Waals surface area (Å²) in [6.45, 7) is 3.29. The van der Waals surface area contributed by atoms with E-state index in [1.165, 1.54) is 4.68 Å². The Balaban J connectivity index is 1.77. The first kappa shape index (κ1) is 15.4. The molecule has 0 saturated carbocycles. The van der Waals surface area contributed by atoms with Crippen LogP contribution in [0.2, 0.25) is 0 Å². The Morgan fingerprint density at radius 2 is 2.26 bits per heavy atom. The highest BCUT2D eigenvalue weighted by molar-refractivity contribution is 5.76. The number of hydrogen-bond acceptors (Lipinski definition) is 5. The van der Waals surface area contributed by atoms with Crippen LogP contribution in [0.1, 0.15) is 16.8 Å². The lowest BCUT2D eigenvalue weighted by atomic mass is 10.1. The smallest absolute Gasteiger partial charge is 0.244 e. The minimum Gasteiger partial charge on any atom is -0.491 e. The van der Waals surface area contributed by atoms with Gasteiger partial charge >= 0.3 is 0 Å². The maximum atomic E-state index is 12.6. The molecule has 1 aliphatic heterocycles. The highest BCUT2D eigenvalue weighted by Gasteiger charge is 2.21. The summed E-state index contributed by atoms with van der Waals surface area (Å²) in [5.41, 5.74) is 8.32. The molecule has 1 aromatic heterocycles. The Morgan fingerprint density at radius 3 is 2.96 bits per heavy atom. The van der Waals surface area contributed by atoms with E-state index >= 15 is 0 Å². The van der Waals surface area contributed by atoms with Gasteiger partial charge in [-0.05, 0) is 24.6 Å². The van der Waals surface area contributed by atoms with Gasteiger partial charge in [-0.2, -0.15) is 5.10 Å². The van der Waals surface area contributed by atoms with Crippen LogP contribution in [-0.4, -0.2) is 38.8 Å². The van der Waals surface area contributed by atoms with Gasteiger partial charge in [-0.25, -0.2) is 4.68 Å². The Hall–Kier alpha value is -2.54. The molecule has 2 heterocycles. The summed E-state index contributed by atoms with van der Waals surface area (Å²) < 4.78 is 7.19. The monoisotopic (exact) mass is 316 g/mol. The summed E-state index contributed by atoms with van der Waals surface area (Å²) in [5, 5.41) is 13.5. The number of carbonyl (C=O) groups excluding carboxylic acids is 1. The predicted octanol–water partition coefficient (Wildman–Crippen LogP) is 0.687. The summed E-state index contributed by atoms with van der Waals surface area (Å²) in [6, 6.07) is 7.27. The molecule has 0 spiro atoms. The standard InChI is InChI=1S/C16H20N4O3/c1-11-6-15(17)20(18-11)9-16(22)19-4-5-23-14-3-2-12(10-21)7-13(14)8-19/h2-3,6-7,21H,4-5,8-10,17H2,1H3. The number of fused-ring (bicyclic) bond motifs is 1. The van der Waals surface area contributed by atoms with Crippen molar-refractivity contribution >= 4 is 11.7 Å². The van der Waals surface area contributed by atoms with Crippen molar-refractivity contribution in [3.63, 3.8) is 0 Å². The van der Waals surface area contributed by atoms with Gasteiger partial charge in [-0.3, -0.25) is 4.79 Å². The van der Waals surface area contributed by atoms with E-state index in [0.717, 1.165) is 22.6 Å². The normalized spacial score (nSPS) is 14.1. The Morgan fingerprint density at radius 1 is 1.43 bits per heavy atom. The van der Waals surface area contributed by atoms with E-state index in [1.807, 2.05) is 25.1 Å². The second-order valence-electron chi connectivity index (χ2n) is 5.63. The third kappa shape index (κ3) is 3.29. The number of aromatic nitrogens is 2. The molecular weight excluding hydrogens is 296 g/mol. The second-order valence-corrected chi connectivity index (χ2v) is 5.63. The van der Waals surface area contributed by atoms with Crippen LogP contribution in [0.5, 0.6) is 5.75 Å². The molecule has 0 fully saturated rings. The molecule has 3 N–H and O–H groups in total. The van der Waals surface area contributed by atoms with E-state index in [0.29, 0.717) is 25.5 Å². The van der Waals surface area contributed by atoms with Gasteiger partial charge in [0.05, 0.1) is 18.8 Å². The van der Waals surface area contributed by atoms with E-state index in [4.69, 9.17) is 10.5 Å². The van der Waals surface area contributed by atoms with Gasteiger partial charge in [0, 0.05) is 18.2 Å². The molecule has 7 nitrogen and oxygen atoms in total.